The monoisotopic (exact) mass is 270 g/mol. The van der Waals surface area contributed by atoms with Gasteiger partial charge in [-0.15, -0.1) is 0 Å². The van der Waals surface area contributed by atoms with Crippen molar-refractivity contribution < 1.29 is 4.79 Å². The van der Waals surface area contributed by atoms with Crippen molar-refractivity contribution in [2.75, 3.05) is 6.54 Å². The Morgan fingerprint density at radius 3 is 3.05 bits per heavy atom. The lowest BCUT2D eigenvalue weighted by Gasteiger charge is -2.34. The lowest BCUT2D eigenvalue weighted by atomic mass is 10.1. The summed E-state index contributed by atoms with van der Waals surface area (Å²) in [6.07, 6.45) is 9.14. The molecule has 0 aliphatic carbocycles. The van der Waals surface area contributed by atoms with E-state index in [0.29, 0.717) is 0 Å². The van der Waals surface area contributed by atoms with Crippen molar-refractivity contribution in [3.63, 3.8) is 0 Å². The van der Waals surface area contributed by atoms with Gasteiger partial charge < -0.3 is 9.47 Å². The smallest absolute Gasteiger partial charge is 0.247 e. The molecule has 3 heterocycles. The van der Waals surface area contributed by atoms with E-state index in [9.17, 15) is 4.79 Å². The number of amides is 1. The number of hydrogen-bond acceptors (Lipinski definition) is 2. The van der Waals surface area contributed by atoms with Crippen LogP contribution in [-0.2, 0) is 18.4 Å². The molecule has 104 valence electrons. The number of aromatic nitrogens is 3. The van der Waals surface area contributed by atoms with Crippen molar-refractivity contribution in [2.45, 2.75) is 19.5 Å². The minimum atomic E-state index is 0.0498. The van der Waals surface area contributed by atoms with Gasteiger partial charge in [-0.2, -0.15) is 5.10 Å². The van der Waals surface area contributed by atoms with E-state index < -0.39 is 0 Å². The van der Waals surface area contributed by atoms with Gasteiger partial charge >= 0.3 is 0 Å². The summed E-state index contributed by atoms with van der Waals surface area (Å²) >= 11 is 0. The van der Waals surface area contributed by atoms with Crippen LogP contribution in [0.1, 0.15) is 24.2 Å². The largest absolute Gasteiger partial charge is 0.348 e. The summed E-state index contributed by atoms with van der Waals surface area (Å²) in [6.45, 7) is 3.68. The number of aryl methyl sites for hydroxylation is 1. The Bertz CT molecular complexity index is 652. The fourth-order valence-corrected chi connectivity index (χ4v) is 2.67. The minimum absolute atomic E-state index is 0.0498. The maximum Gasteiger partial charge on any atom is 0.247 e. The summed E-state index contributed by atoms with van der Waals surface area (Å²) in [5.74, 6) is 0.0498. The lowest BCUT2D eigenvalue weighted by Crippen LogP contribution is -2.39. The molecular formula is C15H18N4O. The molecule has 2 aromatic heterocycles. The summed E-state index contributed by atoms with van der Waals surface area (Å²) in [5.41, 5.74) is 2.13. The summed E-state index contributed by atoms with van der Waals surface area (Å²) < 4.78 is 3.93. The van der Waals surface area contributed by atoms with Crippen LogP contribution in [0.25, 0.3) is 6.08 Å². The van der Waals surface area contributed by atoms with E-state index in [1.807, 2.05) is 30.3 Å². The molecule has 5 nitrogen and oxygen atoms in total. The zero-order valence-electron chi connectivity index (χ0n) is 11.7. The molecule has 1 aliphatic heterocycles. The van der Waals surface area contributed by atoms with Crippen molar-refractivity contribution in [1.29, 1.82) is 0 Å². The molecule has 0 spiro atoms. The van der Waals surface area contributed by atoms with Crippen LogP contribution in [0.2, 0.25) is 0 Å². The first-order chi connectivity index (χ1) is 9.65. The molecule has 3 rings (SSSR count). The number of fused-ring (bicyclic) bond motifs is 1. The molecule has 0 saturated carbocycles. The molecule has 1 atom stereocenters. The third-order valence-corrected chi connectivity index (χ3v) is 3.77. The second kappa shape index (κ2) is 5.00. The molecule has 5 heteroatoms. The molecule has 0 bridgehead atoms. The van der Waals surface area contributed by atoms with E-state index in [0.717, 1.165) is 18.7 Å². The standard InChI is InChI=1S/C15H18N4O/c1-12-14-4-3-7-18(14)8-9-19(12)15(20)6-5-13-10-16-17(2)11-13/h3-7,10-12H,8-9H2,1-2H3/b6-5-/t12-/m1/s1. The van der Waals surface area contributed by atoms with Gasteiger partial charge in [-0.25, -0.2) is 0 Å². The maximum absolute atomic E-state index is 12.3. The molecule has 2 aromatic rings. The number of carbonyl (C=O) groups is 1. The number of hydrogen-bond donors (Lipinski definition) is 0. The lowest BCUT2D eigenvalue weighted by molar-refractivity contribution is -0.129. The molecular weight excluding hydrogens is 252 g/mol. The van der Waals surface area contributed by atoms with E-state index in [1.54, 1.807) is 17.0 Å². The molecule has 0 fully saturated rings. The SMILES string of the molecule is C[C@@H]1c2cccn2CCN1C(=O)/C=C\c1cnn(C)c1. The van der Waals surface area contributed by atoms with Gasteiger partial charge in [0, 0.05) is 49.9 Å². The van der Waals surface area contributed by atoms with Crippen LogP contribution >= 0.6 is 0 Å². The van der Waals surface area contributed by atoms with Crippen molar-refractivity contribution in [2.24, 2.45) is 7.05 Å². The van der Waals surface area contributed by atoms with Crippen LogP contribution in [0.4, 0.5) is 0 Å². The first-order valence-corrected chi connectivity index (χ1v) is 6.77. The fraction of sp³-hybridized carbons (Fsp3) is 0.333. The van der Waals surface area contributed by atoms with Gasteiger partial charge in [-0.3, -0.25) is 9.48 Å². The van der Waals surface area contributed by atoms with Gasteiger partial charge in [0.15, 0.2) is 0 Å². The molecule has 1 amide bonds. The molecule has 0 radical (unpaired) electrons. The van der Waals surface area contributed by atoms with Gasteiger partial charge in [0.2, 0.25) is 5.91 Å². The van der Waals surface area contributed by atoms with Gasteiger partial charge in [-0.1, -0.05) is 0 Å². The van der Waals surface area contributed by atoms with Crippen molar-refractivity contribution in [3.05, 3.63) is 48.1 Å². The summed E-state index contributed by atoms with van der Waals surface area (Å²) in [5, 5.41) is 4.08. The third-order valence-electron chi connectivity index (χ3n) is 3.77. The number of rotatable bonds is 2. The van der Waals surface area contributed by atoms with Crippen molar-refractivity contribution >= 4 is 12.0 Å². The first kappa shape index (κ1) is 12.7. The Kier molecular flexibility index (Phi) is 3.18. The van der Waals surface area contributed by atoms with E-state index in [-0.39, 0.29) is 11.9 Å². The van der Waals surface area contributed by atoms with Crippen LogP contribution in [0.15, 0.2) is 36.8 Å². The summed E-state index contributed by atoms with van der Waals surface area (Å²) in [6, 6.07) is 4.23. The Balaban J connectivity index is 1.74. The zero-order valence-corrected chi connectivity index (χ0v) is 11.7. The van der Waals surface area contributed by atoms with Gasteiger partial charge in [-0.05, 0) is 25.1 Å². The average molecular weight is 270 g/mol. The van der Waals surface area contributed by atoms with Crippen LogP contribution in [0, 0.1) is 0 Å². The molecule has 0 N–H and O–H groups in total. The Morgan fingerprint density at radius 2 is 2.30 bits per heavy atom. The Hall–Kier alpha value is -2.30. The highest BCUT2D eigenvalue weighted by atomic mass is 16.2. The van der Waals surface area contributed by atoms with Crippen LogP contribution < -0.4 is 0 Å². The number of nitrogens with zero attached hydrogens (tertiary/aromatic N) is 4. The second-order valence-electron chi connectivity index (χ2n) is 5.11. The molecule has 0 aromatic carbocycles. The quantitative estimate of drug-likeness (QED) is 0.781. The summed E-state index contributed by atoms with van der Waals surface area (Å²) in [4.78, 5) is 14.2. The van der Waals surface area contributed by atoms with Gasteiger partial charge in [0.1, 0.15) is 0 Å². The minimum Gasteiger partial charge on any atom is -0.348 e. The van der Waals surface area contributed by atoms with E-state index in [1.165, 1.54) is 5.69 Å². The van der Waals surface area contributed by atoms with E-state index >= 15 is 0 Å². The van der Waals surface area contributed by atoms with Gasteiger partial charge in [0.25, 0.3) is 0 Å². The zero-order chi connectivity index (χ0) is 14.1. The fourth-order valence-electron chi connectivity index (χ4n) is 2.67. The highest BCUT2D eigenvalue weighted by molar-refractivity contribution is 5.92. The topological polar surface area (TPSA) is 43.1 Å². The Labute approximate surface area is 118 Å². The molecule has 1 aliphatic rings. The predicted octanol–water partition coefficient (Wildman–Crippen LogP) is 1.84. The van der Waals surface area contributed by atoms with E-state index in [2.05, 4.69) is 28.9 Å². The number of carbonyl (C=O) groups excluding carboxylic acids is 1. The highest BCUT2D eigenvalue weighted by Gasteiger charge is 2.25. The predicted molar refractivity (Wildman–Crippen MR) is 76.8 cm³/mol. The highest BCUT2D eigenvalue weighted by Crippen LogP contribution is 2.25. The molecule has 0 unspecified atom stereocenters. The first-order valence-electron chi connectivity index (χ1n) is 6.77. The van der Waals surface area contributed by atoms with Crippen molar-refractivity contribution in [3.8, 4) is 0 Å². The van der Waals surface area contributed by atoms with Crippen LogP contribution in [-0.4, -0.2) is 31.7 Å². The van der Waals surface area contributed by atoms with Crippen LogP contribution in [0.3, 0.4) is 0 Å². The van der Waals surface area contributed by atoms with E-state index in [4.69, 9.17) is 0 Å². The normalized spacial score (nSPS) is 18.5. The molecule has 20 heavy (non-hydrogen) atoms. The van der Waals surface area contributed by atoms with Gasteiger partial charge in [0.05, 0.1) is 12.2 Å². The summed E-state index contributed by atoms with van der Waals surface area (Å²) in [7, 11) is 1.86. The third kappa shape index (κ3) is 2.27. The maximum atomic E-state index is 12.3. The Morgan fingerprint density at radius 1 is 1.45 bits per heavy atom. The average Bonchev–Trinajstić information content (AvgIpc) is 3.05. The van der Waals surface area contributed by atoms with Crippen molar-refractivity contribution in [1.82, 2.24) is 19.2 Å². The second-order valence-corrected chi connectivity index (χ2v) is 5.11. The molecule has 0 saturated heterocycles. The van der Waals surface area contributed by atoms with Crippen LogP contribution in [0.5, 0.6) is 0 Å².